The zero-order valence-corrected chi connectivity index (χ0v) is 16.4. The second-order valence-corrected chi connectivity index (χ2v) is 8.31. The molecule has 2 aromatic rings. The Morgan fingerprint density at radius 1 is 1.29 bits per heavy atom. The van der Waals surface area contributed by atoms with Gasteiger partial charge in [0.2, 0.25) is 5.91 Å². The molecule has 1 atom stereocenters. The Hall–Kier alpha value is -2.98. The first-order valence-electron chi connectivity index (χ1n) is 9.38. The molecule has 2 heterocycles. The number of fused-ring (bicyclic) bond motifs is 1. The quantitative estimate of drug-likeness (QED) is 0.860. The van der Waals surface area contributed by atoms with Crippen molar-refractivity contribution in [3.8, 4) is 6.07 Å². The molecule has 1 N–H and O–H groups in total. The fourth-order valence-corrected chi connectivity index (χ4v) is 4.98. The van der Waals surface area contributed by atoms with Crippen LogP contribution in [0.1, 0.15) is 42.2 Å². The Morgan fingerprint density at radius 3 is 2.82 bits per heavy atom. The minimum absolute atomic E-state index is 0.138. The largest absolute Gasteiger partial charge is 0.311 e. The number of rotatable bonds is 3. The van der Waals surface area contributed by atoms with Crippen molar-refractivity contribution in [2.45, 2.75) is 39.0 Å². The zero-order chi connectivity index (χ0) is 19.7. The Bertz CT molecular complexity index is 1000. The normalized spacial score (nSPS) is 18.9. The number of para-hydroxylation sites is 1. The first kappa shape index (κ1) is 18.4. The van der Waals surface area contributed by atoms with Gasteiger partial charge in [-0.2, -0.15) is 10.4 Å². The molecule has 0 radical (unpaired) electrons. The van der Waals surface area contributed by atoms with E-state index in [0.717, 1.165) is 24.8 Å². The fourth-order valence-electron chi connectivity index (χ4n) is 3.62. The SMILES string of the molecule is C[C@@H]1CCc2c(sc(NC(=O)C3=NN(c4ccccc4)C(=O)CC3)c2C#N)C1. The highest BCUT2D eigenvalue weighted by molar-refractivity contribution is 7.16. The van der Waals surface area contributed by atoms with E-state index in [-0.39, 0.29) is 24.7 Å². The van der Waals surface area contributed by atoms with Crippen LogP contribution in [0.2, 0.25) is 0 Å². The molecule has 28 heavy (non-hydrogen) atoms. The van der Waals surface area contributed by atoms with E-state index in [4.69, 9.17) is 0 Å². The van der Waals surface area contributed by atoms with Crippen molar-refractivity contribution in [1.82, 2.24) is 0 Å². The van der Waals surface area contributed by atoms with E-state index >= 15 is 0 Å². The van der Waals surface area contributed by atoms with Gasteiger partial charge in [-0.25, -0.2) is 5.01 Å². The van der Waals surface area contributed by atoms with Crippen molar-refractivity contribution in [3.63, 3.8) is 0 Å². The van der Waals surface area contributed by atoms with E-state index in [1.54, 1.807) is 12.1 Å². The number of thiophene rings is 1. The molecule has 0 bridgehead atoms. The van der Waals surface area contributed by atoms with E-state index in [1.807, 2.05) is 18.2 Å². The zero-order valence-electron chi connectivity index (χ0n) is 15.6. The summed E-state index contributed by atoms with van der Waals surface area (Å²) >= 11 is 1.49. The van der Waals surface area contributed by atoms with Crippen molar-refractivity contribution in [3.05, 3.63) is 46.3 Å². The third-order valence-corrected chi connectivity index (χ3v) is 6.32. The number of nitrogens with zero attached hydrogens (tertiary/aromatic N) is 3. The van der Waals surface area contributed by atoms with Crippen molar-refractivity contribution in [2.24, 2.45) is 11.0 Å². The first-order valence-corrected chi connectivity index (χ1v) is 10.2. The lowest BCUT2D eigenvalue weighted by atomic mass is 9.88. The molecular formula is C21H20N4O2S. The van der Waals surface area contributed by atoms with Crippen LogP contribution in [-0.4, -0.2) is 17.5 Å². The summed E-state index contributed by atoms with van der Waals surface area (Å²) in [6, 6.07) is 11.3. The Balaban J connectivity index is 1.59. The molecule has 1 aromatic carbocycles. The number of hydrogen-bond acceptors (Lipinski definition) is 5. The maximum atomic E-state index is 12.8. The number of nitriles is 1. The molecule has 1 aliphatic carbocycles. The van der Waals surface area contributed by atoms with Crippen LogP contribution in [0.5, 0.6) is 0 Å². The Morgan fingerprint density at radius 2 is 2.07 bits per heavy atom. The molecule has 7 heteroatoms. The van der Waals surface area contributed by atoms with E-state index in [9.17, 15) is 14.9 Å². The molecule has 0 fully saturated rings. The van der Waals surface area contributed by atoms with Crippen LogP contribution in [0.4, 0.5) is 10.7 Å². The van der Waals surface area contributed by atoms with Gasteiger partial charge in [0.1, 0.15) is 16.8 Å². The number of nitrogens with one attached hydrogen (secondary N) is 1. The summed E-state index contributed by atoms with van der Waals surface area (Å²) < 4.78 is 0. The van der Waals surface area contributed by atoms with Crippen LogP contribution in [0.25, 0.3) is 0 Å². The molecule has 0 saturated carbocycles. The molecule has 0 saturated heterocycles. The van der Waals surface area contributed by atoms with Gasteiger partial charge in [0.15, 0.2) is 0 Å². The second-order valence-electron chi connectivity index (χ2n) is 7.21. The maximum absolute atomic E-state index is 12.8. The number of hydrazone groups is 1. The van der Waals surface area contributed by atoms with Gasteiger partial charge in [-0.1, -0.05) is 25.1 Å². The molecule has 4 rings (SSSR count). The standard InChI is InChI=1S/C21H20N4O2S/c1-13-7-8-15-16(12-22)21(28-18(15)11-13)23-20(27)17-9-10-19(26)25(24-17)14-5-3-2-4-6-14/h2-6,13H,7-11H2,1H3,(H,23,27)/t13-/m1/s1. The lowest BCUT2D eigenvalue weighted by Crippen LogP contribution is -2.36. The first-order chi connectivity index (χ1) is 13.6. The topological polar surface area (TPSA) is 85.6 Å². The van der Waals surface area contributed by atoms with Gasteiger partial charge < -0.3 is 5.32 Å². The highest BCUT2D eigenvalue weighted by atomic mass is 32.1. The predicted octanol–water partition coefficient (Wildman–Crippen LogP) is 3.87. The monoisotopic (exact) mass is 392 g/mol. The van der Waals surface area contributed by atoms with E-state index in [0.29, 0.717) is 27.9 Å². The summed E-state index contributed by atoms with van der Waals surface area (Å²) in [7, 11) is 0. The molecular weight excluding hydrogens is 372 g/mol. The Kier molecular flexibility index (Phi) is 4.97. The highest BCUT2D eigenvalue weighted by Gasteiger charge is 2.28. The van der Waals surface area contributed by atoms with Crippen LogP contribution in [-0.2, 0) is 22.4 Å². The molecule has 0 unspecified atom stereocenters. The molecule has 1 aliphatic heterocycles. The highest BCUT2D eigenvalue weighted by Crippen LogP contribution is 2.39. The van der Waals surface area contributed by atoms with Gasteiger partial charge in [0, 0.05) is 17.7 Å². The number of benzene rings is 1. The summed E-state index contributed by atoms with van der Waals surface area (Å²) in [6.45, 7) is 2.21. The number of carbonyl (C=O) groups is 2. The summed E-state index contributed by atoms with van der Waals surface area (Å²) in [6.07, 6.45) is 3.40. The lowest BCUT2D eigenvalue weighted by Gasteiger charge is -2.23. The summed E-state index contributed by atoms with van der Waals surface area (Å²) in [5, 5.41) is 18.6. The number of anilines is 2. The molecule has 142 valence electrons. The van der Waals surface area contributed by atoms with E-state index in [1.165, 1.54) is 21.2 Å². The third kappa shape index (κ3) is 3.43. The minimum Gasteiger partial charge on any atom is -0.311 e. The van der Waals surface area contributed by atoms with E-state index < -0.39 is 0 Å². The number of amides is 2. The van der Waals surface area contributed by atoms with Crippen molar-refractivity contribution in [1.29, 1.82) is 5.26 Å². The van der Waals surface area contributed by atoms with Gasteiger partial charge in [-0.3, -0.25) is 9.59 Å². The Labute approximate surface area is 167 Å². The van der Waals surface area contributed by atoms with Crippen LogP contribution in [0, 0.1) is 17.2 Å². The second kappa shape index (κ2) is 7.56. The van der Waals surface area contributed by atoms with Crippen LogP contribution in [0.3, 0.4) is 0 Å². The lowest BCUT2D eigenvalue weighted by molar-refractivity contribution is -0.118. The van der Waals surface area contributed by atoms with Crippen LogP contribution < -0.4 is 10.3 Å². The molecule has 1 aromatic heterocycles. The smallest absolute Gasteiger partial charge is 0.272 e. The van der Waals surface area contributed by atoms with Crippen LogP contribution in [0.15, 0.2) is 35.4 Å². The van der Waals surface area contributed by atoms with Crippen molar-refractivity contribution < 1.29 is 9.59 Å². The fraction of sp³-hybridized carbons (Fsp3) is 0.333. The van der Waals surface area contributed by atoms with Crippen molar-refractivity contribution in [2.75, 3.05) is 10.3 Å². The van der Waals surface area contributed by atoms with Crippen LogP contribution >= 0.6 is 11.3 Å². The molecule has 6 nitrogen and oxygen atoms in total. The van der Waals surface area contributed by atoms with Crippen molar-refractivity contribution >= 4 is 39.6 Å². The minimum atomic E-state index is -0.350. The van der Waals surface area contributed by atoms with Gasteiger partial charge in [-0.05, 0) is 42.9 Å². The van der Waals surface area contributed by atoms with Gasteiger partial charge in [-0.15, -0.1) is 11.3 Å². The predicted molar refractivity (Wildman–Crippen MR) is 109 cm³/mol. The number of hydrogen-bond donors (Lipinski definition) is 1. The average molecular weight is 392 g/mol. The third-order valence-electron chi connectivity index (χ3n) is 5.15. The molecule has 2 amide bonds. The molecule has 0 spiro atoms. The summed E-state index contributed by atoms with van der Waals surface area (Å²) in [5.41, 5.74) is 2.59. The van der Waals surface area contributed by atoms with Gasteiger partial charge in [0.05, 0.1) is 11.3 Å². The summed E-state index contributed by atoms with van der Waals surface area (Å²) in [4.78, 5) is 26.2. The van der Waals surface area contributed by atoms with Gasteiger partial charge in [0.25, 0.3) is 5.91 Å². The summed E-state index contributed by atoms with van der Waals surface area (Å²) in [5.74, 6) is 0.104. The van der Waals surface area contributed by atoms with Gasteiger partial charge >= 0.3 is 0 Å². The molecule has 2 aliphatic rings. The number of carbonyl (C=O) groups excluding carboxylic acids is 2. The average Bonchev–Trinajstić information content (AvgIpc) is 3.04. The maximum Gasteiger partial charge on any atom is 0.272 e. The van der Waals surface area contributed by atoms with E-state index in [2.05, 4.69) is 23.4 Å².